The lowest BCUT2D eigenvalue weighted by Crippen LogP contribution is -2.05. The normalized spacial score (nSPS) is 10.6. The summed E-state index contributed by atoms with van der Waals surface area (Å²) in [6, 6.07) is 15.6. The Hall–Kier alpha value is -2.46. The van der Waals surface area contributed by atoms with Crippen LogP contribution in [0.25, 0.3) is 5.69 Å². The van der Waals surface area contributed by atoms with E-state index in [-0.39, 0.29) is 0 Å². The van der Waals surface area contributed by atoms with Gasteiger partial charge in [-0.25, -0.2) is 4.68 Å². The lowest BCUT2D eigenvalue weighted by molar-refractivity contribution is 0.291. The third-order valence-corrected chi connectivity index (χ3v) is 4.20. The third-order valence-electron chi connectivity index (χ3n) is 3.94. The average Bonchev–Trinajstić information content (AvgIpc) is 3.09. The molecule has 5 heteroatoms. The Morgan fingerprint density at radius 2 is 1.92 bits per heavy atom. The second-order valence-corrected chi connectivity index (χ2v) is 5.85. The van der Waals surface area contributed by atoms with Crippen LogP contribution in [0.5, 0.6) is 5.88 Å². The van der Waals surface area contributed by atoms with Crippen molar-refractivity contribution in [2.75, 3.05) is 12.4 Å². The van der Waals surface area contributed by atoms with Crippen molar-refractivity contribution in [2.45, 2.75) is 20.0 Å². The second-order valence-electron chi connectivity index (χ2n) is 5.41. The summed E-state index contributed by atoms with van der Waals surface area (Å²) in [5.41, 5.74) is 4.48. The van der Waals surface area contributed by atoms with E-state index in [1.165, 1.54) is 11.1 Å². The van der Waals surface area contributed by atoms with E-state index in [4.69, 9.17) is 16.3 Å². The lowest BCUT2D eigenvalue weighted by Gasteiger charge is -2.13. The predicted octanol–water partition coefficient (Wildman–Crippen LogP) is 4.71. The van der Waals surface area contributed by atoms with Gasteiger partial charge in [0.25, 0.3) is 0 Å². The fraction of sp³-hybridized carbons (Fsp3) is 0.211. The monoisotopic (exact) mass is 341 g/mol. The van der Waals surface area contributed by atoms with Gasteiger partial charge >= 0.3 is 0 Å². The maximum atomic E-state index is 5.92. The molecule has 0 bridgehead atoms. The number of benzene rings is 2. The van der Waals surface area contributed by atoms with Crippen molar-refractivity contribution in [2.24, 2.45) is 0 Å². The van der Waals surface area contributed by atoms with Gasteiger partial charge in [-0.15, -0.1) is 5.10 Å². The highest BCUT2D eigenvalue weighted by atomic mass is 35.5. The molecule has 0 atom stereocenters. The predicted molar refractivity (Wildman–Crippen MR) is 98.3 cm³/mol. The summed E-state index contributed by atoms with van der Waals surface area (Å²) in [4.78, 5) is 0. The molecule has 0 aliphatic rings. The van der Waals surface area contributed by atoms with Gasteiger partial charge < -0.3 is 10.1 Å². The highest BCUT2D eigenvalue weighted by molar-refractivity contribution is 6.30. The van der Waals surface area contributed by atoms with Gasteiger partial charge in [0.15, 0.2) is 0 Å². The summed E-state index contributed by atoms with van der Waals surface area (Å²) >= 11 is 5.92. The van der Waals surface area contributed by atoms with Crippen molar-refractivity contribution >= 4 is 17.3 Å². The van der Waals surface area contributed by atoms with Crippen LogP contribution in [-0.2, 0) is 13.0 Å². The summed E-state index contributed by atoms with van der Waals surface area (Å²) in [7, 11) is 1.92. The van der Waals surface area contributed by atoms with E-state index < -0.39 is 0 Å². The average molecular weight is 342 g/mol. The molecular formula is C19H20ClN3O. The Balaban J connectivity index is 1.75. The summed E-state index contributed by atoms with van der Waals surface area (Å²) in [5.74, 6) is 0.595. The van der Waals surface area contributed by atoms with E-state index in [1.807, 2.05) is 43.6 Å². The highest BCUT2D eigenvalue weighted by Crippen LogP contribution is 2.23. The van der Waals surface area contributed by atoms with Crippen LogP contribution in [0, 0.1) is 0 Å². The molecule has 2 aromatic carbocycles. The number of aromatic nitrogens is 2. The first kappa shape index (κ1) is 16.4. The number of hydrogen-bond donors (Lipinski definition) is 1. The topological polar surface area (TPSA) is 39.1 Å². The molecular weight excluding hydrogens is 322 g/mol. The van der Waals surface area contributed by atoms with Crippen molar-refractivity contribution < 1.29 is 4.74 Å². The molecule has 0 fully saturated rings. The number of nitrogens with zero attached hydrogens (tertiary/aromatic N) is 2. The molecule has 0 saturated carbocycles. The Bertz CT molecular complexity index is 789. The lowest BCUT2D eigenvalue weighted by atomic mass is 10.0. The molecule has 0 radical (unpaired) electrons. The van der Waals surface area contributed by atoms with Crippen molar-refractivity contribution in [3.8, 4) is 11.6 Å². The Labute approximate surface area is 147 Å². The standard InChI is InChI=1S/C19H20ClN3O/c1-3-14-5-4-6-18(21-2)17(14)13-24-19-11-12-23(22-19)16-9-7-15(20)8-10-16/h4-12,21H,3,13H2,1-2H3. The van der Waals surface area contributed by atoms with Crippen molar-refractivity contribution in [3.63, 3.8) is 0 Å². The number of halogens is 1. The minimum atomic E-state index is 0.484. The fourth-order valence-corrected chi connectivity index (χ4v) is 2.76. The number of nitrogens with one attached hydrogen (secondary N) is 1. The summed E-state index contributed by atoms with van der Waals surface area (Å²) in [6.45, 7) is 2.63. The fourth-order valence-electron chi connectivity index (χ4n) is 2.64. The second kappa shape index (κ2) is 7.41. The molecule has 4 nitrogen and oxygen atoms in total. The molecule has 0 saturated heterocycles. The summed E-state index contributed by atoms with van der Waals surface area (Å²) < 4.78 is 7.68. The van der Waals surface area contributed by atoms with Gasteiger partial charge in [-0.05, 0) is 42.3 Å². The molecule has 24 heavy (non-hydrogen) atoms. The zero-order chi connectivity index (χ0) is 16.9. The van der Waals surface area contributed by atoms with Crippen LogP contribution in [0.4, 0.5) is 5.69 Å². The van der Waals surface area contributed by atoms with Gasteiger partial charge in [-0.1, -0.05) is 30.7 Å². The summed E-state index contributed by atoms with van der Waals surface area (Å²) in [5, 5.41) is 8.40. The molecule has 3 rings (SSSR count). The number of aryl methyl sites for hydroxylation is 1. The van der Waals surface area contributed by atoms with Crippen LogP contribution in [0.2, 0.25) is 5.02 Å². The molecule has 3 aromatic rings. The first-order chi connectivity index (χ1) is 11.7. The van der Waals surface area contributed by atoms with E-state index in [0.717, 1.165) is 17.8 Å². The molecule has 0 spiro atoms. The van der Waals surface area contributed by atoms with Gasteiger partial charge in [-0.3, -0.25) is 0 Å². The number of ether oxygens (including phenoxy) is 1. The Morgan fingerprint density at radius 3 is 2.62 bits per heavy atom. The first-order valence-corrected chi connectivity index (χ1v) is 8.32. The minimum Gasteiger partial charge on any atom is -0.472 e. The van der Waals surface area contributed by atoms with Crippen LogP contribution < -0.4 is 10.1 Å². The number of anilines is 1. The zero-order valence-corrected chi connectivity index (χ0v) is 14.5. The van der Waals surface area contributed by atoms with E-state index in [0.29, 0.717) is 17.5 Å². The summed E-state index contributed by atoms with van der Waals surface area (Å²) in [6.07, 6.45) is 2.84. The van der Waals surface area contributed by atoms with Crippen LogP contribution in [-0.4, -0.2) is 16.8 Å². The quantitative estimate of drug-likeness (QED) is 0.705. The molecule has 0 aliphatic heterocycles. The van der Waals surface area contributed by atoms with Crippen molar-refractivity contribution in [3.05, 3.63) is 70.9 Å². The molecule has 1 N–H and O–H groups in total. The molecule has 1 aromatic heterocycles. The highest BCUT2D eigenvalue weighted by Gasteiger charge is 2.09. The first-order valence-electron chi connectivity index (χ1n) is 7.94. The maximum absolute atomic E-state index is 5.92. The van der Waals surface area contributed by atoms with E-state index >= 15 is 0 Å². The van der Waals surface area contributed by atoms with Crippen LogP contribution >= 0.6 is 11.6 Å². The van der Waals surface area contributed by atoms with E-state index in [9.17, 15) is 0 Å². The third kappa shape index (κ3) is 3.54. The molecule has 0 unspecified atom stereocenters. The van der Waals surface area contributed by atoms with Gasteiger partial charge in [0, 0.05) is 35.6 Å². The van der Waals surface area contributed by atoms with Gasteiger partial charge in [0.1, 0.15) is 6.61 Å². The Kier molecular flexibility index (Phi) is 5.06. The Morgan fingerprint density at radius 1 is 1.12 bits per heavy atom. The smallest absolute Gasteiger partial charge is 0.233 e. The van der Waals surface area contributed by atoms with Crippen molar-refractivity contribution in [1.82, 2.24) is 9.78 Å². The van der Waals surface area contributed by atoms with E-state index in [1.54, 1.807) is 4.68 Å². The van der Waals surface area contributed by atoms with Gasteiger partial charge in [0.05, 0.1) is 5.69 Å². The van der Waals surface area contributed by atoms with E-state index in [2.05, 4.69) is 35.5 Å². The van der Waals surface area contributed by atoms with Gasteiger partial charge in [-0.2, -0.15) is 0 Å². The van der Waals surface area contributed by atoms with Crippen LogP contribution in [0.1, 0.15) is 18.1 Å². The molecule has 0 aliphatic carbocycles. The molecule has 1 heterocycles. The molecule has 0 amide bonds. The molecule has 124 valence electrons. The van der Waals surface area contributed by atoms with Crippen molar-refractivity contribution in [1.29, 1.82) is 0 Å². The zero-order valence-electron chi connectivity index (χ0n) is 13.8. The number of rotatable bonds is 6. The van der Waals surface area contributed by atoms with Crippen LogP contribution in [0.15, 0.2) is 54.7 Å². The maximum Gasteiger partial charge on any atom is 0.233 e. The van der Waals surface area contributed by atoms with Gasteiger partial charge in [0.2, 0.25) is 5.88 Å². The van der Waals surface area contributed by atoms with Crippen LogP contribution in [0.3, 0.4) is 0 Å². The number of hydrogen-bond acceptors (Lipinski definition) is 3. The largest absolute Gasteiger partial charge is 0.472 e. The SMILES string of the molecule is CCc1cccc(NC)c1COc1ccn(-c2ccc(Cl)cc2)n1. The minimum absolute atomic E-state index is 0.484.